The molecule has 3 aromatic heterocycles. The Balaban J connectivity index is 1.50. The molecule has 0 fully saturated rings. The molecule has 10 heteroatoms. The molecule has 0 saturated heterocycles. The van der Waals surface area contributed by atoms with Gasteiger partial charge in [0.05, 0.1) is 30.7 Å². The largest absolute Gasteiger partial charge is 0.394 e. The summed E-state index contributed by atoms with van der Waals surface area (Å²) in [6.07, 6.45) is 11.3. The number of nitrogens with zero attached hydrogens (tertiary/aromatic N) is 6. The van der Waals surface area contributed by atoms with Gasteiger partial charge in [-0.1, -0.05) is 6.08 Å². The highest BCUT2D eigenvalue weighted by molar-refractivity contribution is 5.80. The van der Waals surface area contributed by atoms with Crippen molar-refractivity contribution in [2.75, 3.05) is 29.9 Å². The number of anilines is 3. The summed E-state index contributed by atoms with van der Waals surface area (Å²) in [4.78, 5) is 24.3. The van der Waals surface area contributed by atoms with Crippen LogP contribution in [-0.4, -0.2) is 49.1 Å². The Morgan fingerprint density at radius 3 is 3.10 bits per heavy atom. The molecule has 31 heavy (non-hydrogen) atoms. The quantitative estimate of drug-likeness (QED) is 0.565. The maximum atomic E-state index is 13.2. The van der Waals surface area contributed by atoms with Gasteiger partial charge in [-0.3, -0.25) is 14.0 Å². The van der Waals surface area contributed by atoms with Crippen molar-refractivity contribution in [3.8, 4) is 0 Å². The molecule has 0 saturated carbocycles. The van der Waals surface area contributed by atoms with Crippen LogP contribution in [0.1, 0.15) is 12.8 Å². The Hall–Kier alpha value is -3.66. The number of allylic oxidation sites excluding steroid dienone is 3. The molecule has 0 spiro atoms. The summed E-state index contributed by atoms with van der Waals surface area (Å²) in [7, 11) is 1.73. The van der Waals surface area contributed by atoms with Crippen molar-refractivity contribution in [2.24, 2.45) is 7.05 Å². The molecule has 1 aliphatic carbocycles. The van der Waals surface area contributed by atoms with E-state index in [1.165, 1.54) is 5.70 Å². The van der Waals surface area contributed by atoms with E-state index in [4.69, 9.17) is 5.11 Å². The predicted molar refractivity (Wildman–Crippen MR) is 118 cm³/mol. The minimum Gasteiger partial charge on any atom is -0.394 e. The van der Waals surface area contributed by atoms with Gasteiger partial charge in [0, 0.05) is 43.6 Å². The van der Waals surface area contributed by atoms with Gasteiger partial charge in [0.25, 0.3) is 5.56 Å². The van der Waals surface area contributed by atoms with Crippen molar-refractivity contribution < 1.29 is 5.11 Å². The van der Waals surface area contributed by atoms with Crippen LogP contribution < -0.4 is 21.1 Å². The summed E-state index contributed by atoms with van der Waals surface area (Å²) in [5.74, 6) is 0.376. The lowest BCUT2D eigenvalue weighted by Gasteiger charge is -2.34. The number of aryl methyl sites for hydroxylation is 1. The predicted octanol–water partition coefficient (Wildman–Crippen LogP) is 1.23. The normalized spacial score (nSPS) is 15.9. The van der Waals surface area contributed by atoms with Crippen molar-refractivity contribution in [3.63, 3.8) is 0 Å². The summed E-state index contributed by atoms with van der Waals surface area (Å²) in [5.41, 5.74) is 4.04. The van der Waals surface area contributed by atoms with Gasteiger partial charge in [-0.2, -0.15) is 10.1 Å². The second kappa shape index (κ2) is 7.88. The Morgan fingerprint density at radius 2 is 2.23 bits per heavy atom. The number of nitrogens with one attached hydrogen (secondary N) is 2. The van der Waals surface area contributed by atoms with E-state index in [1.54, 1.807) is 34.9 Å². The van der Waals surface area contributed by atoms with Gasteiger partial charge in [0.2, 0.25) is 5.95 Å². The van der Waals surface area contributed by atoms with Crippen LogP contribution in [-0.2, 0) is 13.6 Å². The van der Waals surface area contributed by atoms with E-state index < -0.39 is 0 Å². The first-order valence-corrected chi connectivity index (χ1v) is 10.3. The molecule has 0 aromatic carbocycles. The highest BCUT2D eigenvalue weighted by Gasteiger charge is 2.24. The highest BCUT2D eigenvalue weighted by atomic mass is 16.3. The van der Waals surface area contributed by atoms with Crippen LogP contribution >= 0.6 is 0 Å². The summed E-state index contributed by atoms with van der Waals surface area (Å²) in [6, 6.07) is 1.87. The zero-order chi connectivity index (χ0) is 21.4. The Bertz CT molecular complexity index is 1260. The van der Waals surface area contributed by atoms with Gasteiger partial charge in [-0.25, -0.2) is 4.98 Å². The zero-order valence-electron chi connectivity index (χ0n) is 17.2. The molecule has 1 aliphatic heterocycles. The molecule has 5 rings (SSSR count). The summed E-state index contributed by atoms with van der Waals surface area (Å²) < 4.78 is 3.20. The van der Waals surface area contributed by atoms with E-state index in [2.05, 4.69) is 42.8 Å². The third kappa shape index (κ3) is 3.55. The van der Waals surface area contributed by atoms with Crippen LogP contribution in [0.4, 0.5) is 17.3 Å². The van der Waals surface area contributed by atoms with Gasteiger partial charge < -0.3 is 20.6 Å². The fraction of sp³-hybridized carbons (Fsp3) is 0.333. The van der Waals surface area contributed by atoms with Crippen LogP contribution in [0.3, 0.4) is 0 Å². The van der Waals surface area contributed by atoms with E-state index in [1.807, 2.05) is 6.07 Å². The van der Waals surface area contributed by atoms with Crippen molar-refractivity contribution in [3.05, 3.63) is 58.6 Å². The van der Waals surface area contributed by atoms with E-state index >= 15 is 0 Å². The number of aliphatic hydroxyl groups excluding tert-OH is 1. The first-order chi connectivity index (χ1) is 15.1. The smallest absolute Gasteiger partial charge is 0.275 e. The lowest BCUT2D eigenvalue weighted by atomic mass is 10.0. The first-order valence-electron chi connectivity index (χ1n) is 10.3. The lowest BCUT2D eigenvalue weighted by molar-refractivity contribution is 0.269. The second-order valence-corrected chi connectivity index (χ2v) is 7.59. The molecule has 3 aromatic rings. The van der Waals surface area contributed by atoms with Gasteiger partial charge in [0.15, 0.2) is 0 Å². The van der Waals surface area contributed by atoms with Gasteiger partial charge >= 0.3 is 0 Å². The van der Waals surface area contributed by atoms with Gasteiger partial charge in [0.1, 0.15) is 11.3 Å². The number of hydrogen-bond acceptors (Lipinski definition) is 8. The first kappa shape index (κ1) is 19.3. The third-order valence-electron chi connectivity index (χ3n) is 5.55. The van der Waals surface area contributed by atoms with Crippen molar-refractivity contribution in [1.29, 1.82) is 0 Å². The van der Waals surface area contributed by atoms with E-state index in [9.17, 15) is 4.79 Å². The molecule has 10 nitrogen and oxygen atoms in total. The fourth-order valence-electron chi connectivity index (χ4n) is 4.04. The summed E-state index contributed by atoms with van der Waals surface area (Å²) in [5, 5.41) is 20.5. The number of rotatable bonds is 5. The van der Waals surface area contributed by atoms with Crippen LogP contribution in [0.25, 0.3) is 11.0 Å². The van der Waals surface area contributed by atoms with Crippen LogP contribution in [0.2, 0.25) is 0 Å². The Morgan fingerprint density at radius 1 is 1.32 bits per heavy atom. The molecule has 0 unspecified atom stereocenters. The van der Waals surface area contributed by atoms with E-state index in [0.717, 1.165) is 37.0 Å². The fourth-order valence-corrected chi connectivity index (χ4v) is 4.04. The van der Waals surface area contributed by atoms with Crippen LogP contribution in [0.15, 0.2) is 53.0 Å². The molecule has 3 N–H and O–H groups in total. The van der Waals surface area contributed by atoms with Crippen molar-refractivity contribution in [1.82, 2.24) is 29.6 Å². The molecule has 0 amide bonds. The summed E-state index contributed by atoms with van der Waals surface area (Å²) >= 11 is 0. The molecule has 2 aliphatic rings. The molecular weight excluding hydrogens is 396 g/mol. The maximum absolute atomic E-state index is 13.2. The van der Waals surface area contributed by atoms with Crippen LogP contribution in [0, 0.1) is 0 Å². The number of pyridine rings is 1. The SMILES string of the molecule is Cn1c(=O)c(N2CCNC3=C2C=CCC3)cc2cnc(Nc3cnn(CCO)c3)nc21. The number of fused-ring (bicyclic) bond motifs is 1. The average Bonchev–Trinajstić information content (AvgIpc) is 3.23. The monoisotopic (exact) mass is 420 g/mol. The van der Waals surface area contributed by atoms with E-state index in [0.29, 0.717) is 29.5 Å². The third-order valence-corrected chi connectivity index (χ3v) is 5.55. The molecule has 4 heterocycles. The molecular formula is C21H24N8O2. The van der Waals surface area contributed by atoms with Crippen molar-refractivity contribution in [2.45, 2.75) is 19.4 Å². The highest BCUT2D eigenvalue weighted by Crippen LogP contribution is 2.28. The topological polar surface area (TPSA) is 113 Å². The van der Waals surface area contributed by atoms with E-state index in [-0.39, 0.29) is 12.2 Å². The standard InChI is InChI=1S/C21H24N8O2/c1-27-19-14(11-23-21(26-19)25-15-12-24-28(13-15)8-9-30)10-18(20(27)31)29-7-6-22-16-4-2-3-5-17(16)29/h3,5,10-13,22,30H,2,4,6-9H2,1H3,(H,23,25,26). The number of hydrogen-bond donors (Lipinski definition) is 3. The van der Waals surface area contributed by atoms with Gasteiger partial charge in [-0.15, -0.1) is 0 Å². The minimum absolute atomic E-state index is 0.0132. The van der Waals surface area contributed by atoms with Crippen LogP contribution in [0.5, 0.6) is 0 Å². The Kier molecular flexibility index (Phi) is 4.91. The lowest BCUT2D eigenvalue weighted by Crippen LogP contribution is -2.42. The minimum atomic E-state index is -0.0966. The Labute approximate surface area is 178 Å². The van der Waals surface area contributed by atoms with Gasteiger partial charge in [-0.05, 0) is 25.0 Å². The summed E-state index contributed by atoms with van der Waals surface area (Å²) in [6.45, 7) is 1.95. The number of aliphatic hydroxyl groups is 1. The zero-order valence-corrected chi connectivity index (χ0v) is 17.2. The molecule has 0 atom stereocenters. The maximum Gasteiger partial charge on any atom is 0.275 e. The second-order valence-electron chi connectivity index (χ2n) is 7.59. The average molecular weight is 420 g/mol. The molecule has 0 radical (unpaired) electrons. The molecule has 160 valence electrons. The number of aromatic nitrogens is 5. The van der Waals surface area contributed by atoms with Crippen molar-refractivity contribution >= 4 is 28.4 Å². The molecule has 0 bridgehead atoms.